The van der Waals surface area contributed by atoms with Crippen LogP contribution in [0.15, 0.2) is 54.0 Å². The molecule has 4 aromatic rings. The van der Waals surface area contributed by atoms with Gasteiger partial charge < -0.3 is 44.6 Å². The Morgan fingerprint density at radius 3 is 2.46 bits per heavy atom. The molecule has 2 spiro atoms. The highest BCUT2D eigenvalue weighted by Gasteiger charge is 2.81. The van der Waals surface area contributed by atoms with Crippen molar-refractivity contribution < 1.29 is 34.4 Å². The Bertz CT molecular complexity index is 3350. The molecule has 6 N–H and O–H groups in total. The van der Waals surface area contributed by atoms with E-state index in [1.165, 1.54) is 65.6 Å². The quantitative estimate of drug-likeness (QED) is 0.0675. The van der Waals surface area contributed by atoms with E-state index in [0.717, 1.165) is 72.8 Å². The van der Waals surface area contributed by atoms with Crippen molar-refractivity contribution in [3.8, 4) is 11.8 Å². The maximum atomic E-state index is 16.3. The zero-order chi connectivity index (χ0) is 56.0. The van der Waals surface area contributed by atoms with Crippen LogP contribution in [0.5, 0.6) is 0 Å². The second kappa shape index (κ2) is 18.1. The summed E-state index contributed by atoms with van der Waals surface area (Å²) < 4.78 is 14.5. The molecule has 11 nitrogen and oxygen atoms in total. The third kappa shape index (κ3) is 7.16. The summed E-state index contributed by atoms with van der Waals surface area (Å²) in [4.78, 5) is 39.9. The smallest absolute Gasteiger partial charge is 0.160 e. The number of ether oxygens (including phenoxy) is 2. The number of epoxide rings is 1. The van der Waals surface area contributed by atoms with E-state index in [2.05, 4.69) is 116 Å². The van der Waals surface area contributed by atoms with E-state index in [4.69, 9.17) is 9.47 Å². The number of hydrogen-bond donors (Lipinski definition) is 6. The second-order valence-electron chi connectivity index (χ2n) is 30.3. The van der Waals surface area contributed by atoms with Crippen molar-refractivity contribution in [3.63, 3.8) is 0 Å². The number of nitrogens with zero attached hydrogens (tertiary/aromatic N) is 1. The Morgan fingerprint density at radius 2 is 1.69 bits per heavy atom. The number of aromatic amines is 2. The number of Topliss-reactive ketones (excluding diaryl/α,β-unsaturated/α-hetero) is 2. The predicted octanol–water partition coefficient (Wildman–Crippen LogP) is 11.4. The number of aliphatic hydroxyl groups is 3. The molecule has 2 saturated heterocycles. The molecule has 0 radical (unpaired) electrons. The first kappa shape index (κ1) is 53.4. The van der Waals surface area contributed by atoms with E-state index in [9.17, 15) is 15.3 Å². The molecule has 3 aliphatic heterocycles. The van der Waals surface area contributed by atoms with Crippen LogP contribution in [0.25, 0.3) is 11.0 Å². The summed E-state index contributed by atoms with van der Waals surface area (Å²) in [5.74, 6) is 8.07. The summed E-state index contributed by atoms with van der Waals surface area (Å²) in [5, 5.41) is 43.2. The first-order valence-electron chi connectivity index (χ1n) is 32.0. The molecule has 15 atom stereocenters. The first-order chi connectivity index (χ1) is 38.8. The largest absolute Gasteiger partial charge is 0.392 e. The van der Waals surface area contributed by atoms with Gasteiger partial charge in [0.1, 0.15) is 11.9 Å². The van der Waals surface area contributed by atoms with Crippen LogP contribution < -0.4 is 5.32 Å². The van der Waals surface area contributed by atoms with Gasteiger partial charge in [0, 0.05) is 110 Å². The molecule has 7 fully saturated rings. The monoisotopic (exact) mass is 1100 g/mol. The lowest BCUT2D eigenvalue weighted by molar-refractivity contribution is -0.270. The minimum absolute atomic E-state index is 0.0153. The molecule has 8 aliphatic carbocycles. The maximum Gasteiger partial charge on any atom is 0.160 e. The summed E-state index contributed by atoms with van der Waals surface area (Å²) in [6.07, 6.45) is 20.4. The Morgan fingerprint density at radius 1 is 0.914 bits per heavy atom. The topological polar surface area (TPSA) is 165 Å². The molecule has 0 unspecified atom stereocenters. The molecule has 11 heteroatoms. The highest BCUT2D eigenvalue weighted by atomic mass is 16.6. The molecular formula is C70H90N4O7. The van der Waals surface area contributed by atoms with Gasteiger partial charge in [0.25, 0.3) is 0 Å². The van der Waals surface area contributed by atoms with Crippen LogP contribution in [-0.4, -0.2) is 92.1 Å². The molecule has 3 aromatic heterocycles. The van der Waals surface area contributed by atoms with Crippen LogP contribution >= 0.6 is 0 Å². The van der Waals surface area contributed by atoms with Gasteiger partial charge in [-0.3, -0.25) is 9.59 Å². The lowest BCUT2D eigenvalue weighted by Gasteiger charge is -2.76. The molecule has 5 saturated carbocycles. The molecule has 432 valence electrons. The van der Waals surface area contributed by atoms with Gasteiger partial charge in [-0.1, -0.05) is 65.2 Å². The van der Waals surface area contributed by atoms with Gasteiger partial charge in [-0.2, -0.15) is 0 Å². The number of fused-ring (bicyclic) bond motifs is 7. The SMILES string of the molecule is CNCC[C@]1(C)C(=O)[C@H]2c3cc[nH]c3[C@H]3CC[C@@]2(C3)[C@]2(C)[C@H]1CC[C@]13CC#CC[C@H]4Cc5c[nH]c6c(Cc7cc(C8CCCCC8)cc(C8(O)CCOCC8)c7)cn(c56)C[C@@H](C5=C(C(=O)C[C@@]51C)[C@]4(C)C[C@@H](O)[C@H]1OC1(C)C)[C@@H](O)[C@@H]32. The molecule has 1 aromatic carbocycles. The number of ketones is 2. The van der Waals surface area contributed by atoms with Crippen LogP contribution in [0.4, 0.5) is 0 Å². The number of hydrogen-bond acceptors (Lipinski definition) is 8. The third-order valence-corrected chi connectivity index (χ3v) is 26.4. The van der Waals surface area contributed by atoms with Crippen molar-refractivity contribution in [1.82, 2.24) is 19.9 Å². The molecule has 7 bridgehead atoms. The van der Waals surface area contributed by atoms with Crippen molar-refractivity contribution >= 4 is 22.6 Å². The second-order valence-corrected chi connectivity index (χ2v) is 30.3. The average molecular weight is 1100 g/mol. The fourth-order valence-corrected chi connectivity index (χ4v) is 22.5. The van der Waals surface area contributed by atoms with Gasteiger partial charge in [0.2, 0.25) is 0 Å². The minimum Gasteiger partial charge on any atom is -0.392 e. The molecule has 81 heavy (non-hydrogen) atoms. The Hall–Kier alpha value is -4.28. The number of nitrogens with one attached hydrogen (secondary N) is 3. The van der Waals surface area contributed by atoms with Crippen molar-refractivity contribution in [2.75, 3.05) is 26.8 Å². The summed E-state index contributed by atoms with van der Waals surface area (Å²) in [5.41, 5.74) is 7.63. The fourth-order valence-electron chi connectivity index (χ4n) is 22.5. The zero-order valence-electron chi connectivity index (χ0n) is 49.5. The maximum absolute atomic E-state index is 16.3. The molecular weight excluding hydrogens is 1010 g/mol. The molecule has 0 amide bonds. The third-order valence-electron chi connectivity index (χ3n) is 26.4. The van der Waals surface area contributed by atoms with Crippen LogP contribution in [0.3, 0.4) is 0 Å². The minimum atomic E-state index is -0.939. The van der Waals surface area contributed by atoms with Gasteiger partial charge in [0.15, 0.2) is 5.78 Å². The van der Waals surface area contributed by atoms with Crippen molar-refractivity contribution in [2.24, 2.45) is 56.2 Å². The van der Waals surface area contributed by atoms with Crippen LogP contribution in [0.1, 0.15) is 208 Å². The number of aliphatic hydroxyl groups excluding tert-OH is 2. The number of allylic oxidation sites excluding steroid dienone is 1. The summed E-state index contributed by atoms with van der Waals surface area (Å²) in [6.45, 7) is 16.0. The molecule has 11 aliphatic rings. The number of rotatable bonds is 10. The summed E-state index contributed by atoms with van der Waals surface area (Å²) >= 11 is 0. The lowest BCUT2D eigenvalue weighted by atomic mass is 9.27. The van der Waals surface area contributed by atoms with Gasteiger partial charge in [-0.05, 0) is 183 Å². The molecule has 15 rings (SSSR count). The van der Waals surface area contributed by atoms with E-state index in [1.807, 2.05) is 7.05 Å². The Labute approximate surface area is 479 Å². The van der Waals surface area contributed by atoms with Crippen LogP contribution in [0.2, 0.25) is 0 Å². The summed E-state index contributed by atoms with van der Waals surface area (Å²) in [6, 6.07) is 9.27. The Kier molecular flexibility index (Phi) is 12.0. The standard InChI is InChI=1S/C70H90N4O7/c1-63(2)62(81-63)51(76)35-65(4)46-15-11-12-19-68-21-17-52-64(3,22-26-71-7)61(78)54-48-18-25-72-56(48)42-16-20-69(54,34-42)67(52,6)60(68)59(77)49(53-55(65)50(75)36-66(53,68)5)39-74-38-45(57-58(74)44(33-46)37-73-57)30-40-29-43(41-13-9-8-10-14-41)32-47(31-40)70(79)23-27-80-28-24-70/h18,25,29,31-32,37-38,41-42,46,49,51-52,54,59-60,62,71-73,76-77,79H,8-10,13-17,19-24,26-28,30,33-36,39H2,1-7H3/t42-,46-,49-,51+,52-,54+,59+,60+,62+,64-,65+,66-,67+,68-,69-/m0/s1. The van der Waals surface area contributed by atoms with E-state index in [0.29, 0.717) is 88.7 Å². The average Bonchev–Trinajstić information content (AvgIpc) is 1.75. The fraction of sp³-hybridized carbons (Fsp3) is 0.686. The van der Waals surface area contributed by atoms with Crippen molar-refractivity contribution in [1.29, 1.82) is 0 Å². The number of carbonyl (C=O) groups is 2. The van der Waals surface area contributed by atoms with Crippen LogP contribution in [0, 0.1) is 68.0 Å². The first-order valence-corrected chi connectivity index (χ1v) is 32.0. The Balaban J connectivity index is 0.943. The zero-order valence-corrected chi connectivity index (χ0v) is 49.5. The van der Waals surface area contributed by atoms with Crippen LogP contribution in [-0.2, 0) is 44.1 Å². The number of H-pyrrole nitrogens is 2. The van der Waals surface area contributed by atoms with Crippen molar-refractivity contribution in [3.05, 3.63) is 93.1 Å². The van der Waals surface area contributed by atoms with E-state index < -0.39 is 56.4 Å². The lowest BCUT2D eigenvalue weighted by Crippen LogP contribution is -2.74. The predicted molar refractivity (Wildman–Crippen MR) is 312 cm³/mol. The van der Waals surface area contributed by atoms with Gasteiger partial charge in [-0.25, -0.2) is 0 Å². The highest BCUT2D eigenvalue weighted by molar-refractivity contribution is 6.02. The van der Waals surface area contributed by atoms with Gasteiger partial charge in [-0.15, -0.1) is 11.8 Å². The highest BCUT2D eigenvalue weighted by Crippen LogP contribution is 2.84. The summed E-state index contributed by atoms with van der Waals surface area (Å²) in [7, 11) is 2.00. The van der Waals surface area contributed by atoms with Gasteiger partial charge in [0.05, 0.1) is 40.4 Å². The van der Waals surface area contributed by atoms with E-state index >= 15 is 9.59 Å². The van der Waals surface area contributed by atoms with E-state index in [-0.39, 0.29) is 41.0 Å². The number of aromatic nitrogens is 3. The van der Waals surface area contributed by atoms with Gasteiger partial charge >= 0.3 is 0 Å². The van der Waals surface area contributed by atoms with Crippen molar-refractivity contribution in [2.45, 2.75) is 217 Å². The normalized spacial score (nSPS) is 41.1. The number of benzene rings is 1. The molecule has 6 heterocycles. The number of carbonyl (C=O) groups excluding carboxylic acids is 2. The van der Waals surface area contributed by atoms with E-state index in [1.54, 1.807) is 0 Å².